The molecule has 2 aromatic carbocycles. The minimum Gasteiger partial charge on any atom is -0.494 e. The van der Waals surface area contributed by atoms with Gasteiger partial charge in [0.05, 0.1) is 18.1 Å². The van der Waals surface area contributed by atoms with Gasteiger partial charge in [-0.05, 0) is 49.2 Å². The first kappa shape index (κ1) is 16.8. The fourth-order valence-electron chi connectivity index (χ4n) is 2.71. The summed E-state index contributed by atoms with van der Waals surface area (Å²) < 4.78 is 38.5. The van der Waals surface area contributed by atoms with E-state index in [0.29, 0.717) is 25.5 Å². The lowest BCUT2D eigenvalue weighted by Crippen LogP contribution is -2.34. The second-order valence-electron chi connectivity index (χ2n) is 5.75. The van der Waals surface area contributed by atoms with Gasteiger partial charge in [0.15, 0.2) is 0 Å². The average molecular weight is 347 g/mol. The molecule has 0 fully saturated rings. The highest BCUT2D eigenvalue weighted by Crippen LogP contribution is 2.26. The van der Waals surface area contributed by atoms with Crippen LogP contribution < -0.4 is 14.2 Å². The van der Waals surface area contributed by atoms with Gasteiger partial charge in [0.25, 0.3) is 0 Å². The van der Waals surface area contributed by atoms with Gasteiger partial charge in [-0.3, -0.25) is 0 Å². The number of rotatable bonds is 6. The topological polar surface area (TPSA) is 64.6 Å². The fraction of sp³-hybridized carbons (Fsp3) is 0.333. The molecular formula is C18H21NO4S. The maximum Gasteiger partial charge on any atom is 0.240 e. The first-order valence-corrected chi connectivity index (χ1v) is 9.50. The van der Waals surface area contributed by atoms with Crippen LogP contribution in [0.3, 0.4) is 0 Å². The number of hydrogen-bond donors (Lipinski definition) is 1. The first-order valence-electron chi connectivity index (χ1n) is 8.01. The third kappa shape index (κ3) is 3.88. The van der Waals surface area contributed by atoms with E-state index in [9.17, 15) is 8.42 Å². The molecule has 0 radical (unpaired) electrons. The van der Waals surface area contributed by atoms with Gasteiger partial charge in [-0.15, -0.1) is 0 Å². The Labute approximate surface area is 142 Å². The monoisotopic (exact) mass is 347 g/mol. The van der Waals surface area contributed by atoms with Gasteiger partial charge in [0.1, 0.15) is 11.5 Å². The van der Waals surface area contributed by atoms with Gasteiger partial charge < -0.3 is 9.47 Å². The Balaban J connectivity index is 1.61. The van der Waals surface area contributed by atoms with Crippen LogP contribution in [0.2, 0.25) is 0 Å². The molecule has 1 unspecified atom stereocenters. The van der Waals surface area contributed by atoms with Gasteiger partial charge in [0, 0.05) is 12.5 Å². The number of hydrogen-bond acceptors (Lipinski definition) is 4. The normalized spacial score (nSPS) is 17.0. The quantitative estimate of drug-likeness (QED) is 0.872. The molecule has 0 amide bonds. The van der Waals surface area contributed by atoms with Crippen molar-refractivity contribution >= 4 is 10.0 Å². The number of nitrogens with one attached hydrogen (secondary N) is 1. The summed E-state index contributed by atoms with van der Waals surface area (Å²) in [4.78, 5) is 0.239. The molecule has 128 valence electrons. The molecule has 6 heteroatoms. The van der Waals surface area contributed by atoms with Crippen LogP contribution in [0.25, 0.3) is 0 Å². The predicted molar refractivity (Wildman–Crippen MR) is 91.9 cm³/mol. The summed E-state index contributed by atoms with van der Waals surface area (Å²) in [6.45, 7) is 3.30. The van der Waals surface area contributed by atoms with Gasteiger partial charge >= 0.3 is 0 Å². The summed E-state index contributed by atoms with van der Waals surface area (Å²) in [6.07, 6.45) is 0.808. The summed E-state index contributed by atoms with van der Waals surface area (Å²) >= 11 is 0. The maximum absolute atomic E-state index is 12.4. The standard InChI is InChI=1S/C18H21NO4S/c1-2-22-16-7-9-17(10-8-16)24(20,21)19-12-14-11-15-5-3-4-6-18(15)23-13-14/h3-10,14,19H,2,11-13H2,1H3. The zero-order chi connectivity index (χ0) is 17.0. The zero-order valence-electron chi connectivity index (χ0n) is 13.6. The molecule has 1 N–H and O–H groups in total. The highest BCUT2D eigenvalue weighted by molar-refractivity contribution is 7.89. The van der Waals surface area contributed by atoms with Gasteiger partial charge in [0.2, 0.25) is 10.0 Å². The predicted octanol–water partition coefficient (Wildman–Crippen LogP) is 2.61. The van der Waals surface area contributed by atoms with Crippen molar-refractivity contribution in [2.75, 3.05) is 19.8 Å². The van der Waals surface area contributed by atoms with Crippen LogP contribution in [0.4, 0.5) is 0 Å². The molecule has 2 aromatic rings. The van der Waals surface area contributed by atoms with Crippen LogP contribution in [-0.4, -0.2) is 28.2 Å². The van der Waals surface area contributed by atoms with E-state index in [1.54, 1.807) is 24.3 Å². The minimum atomic E-state index is -3.53. The van der Waals surface area contributed by atoms with Crippen molar-refractivity contribution in [1.29, 1.82) is 0 Å². The van der Waals surface area contributed by atoms with E-state index in [0.717, 1.165) is 17.7 Å². The molecule has 1 heterocycles. The van der Waals surface area contributed by atoms with Crippen molar-refractivity contribution in [2.45, 2.75) is 18.2 Å². The first-order chi connectivity index (χ1) is 11.6. The number of benzene rings is 2. The van der Waals surface area contributed by atoms with Crippen LogP contribution in [0.15, 0.2) is 53.4 Å². The molecule has 0 spiro atoms. The van der Waals surface area contributed by atoms with Crippen LogP contribution in [0.1, 0.15) is 12.5 Å². The summed E-state index contributed by atoms with van der Waals surface area (Å²) in [5.74, 6) is 1.68. The average Bonchev–Trinajstić information content (AvgIpc) is 2.61. The lowest BCUT2D eigenvalue weighted by atomic mass is 9.97. The van der Waals surface area contributed by atoms with E-state index in [1.807, 2.05) is 31.2 Å². The van der Waals surface area contributed by atoms with Crippen LogP contribution in [0, 0.1) is 5.92 Å². The molecular weight excluding hydrogens is 326 g/mol. The van der Waals surface area contributed by atoms with Crippen molar-refractivity contribution in [3.05, 3.63) is 54.1 Å². The Bertz CT molecular complexity index is 787. The van der Waals surface area contributed by atoms with Gasteiger partial charge in [-0.2, -0.15) is 0 Å². The third-order valence-electron chi connectivity index (χ3n) is 3.96. The Kier molecular flexibility index (Phi) is 5.06. The summed E-state index contributed by atoms with van der Waals surface area (Å²) in [5, 5.41) is 0. The van der Waals surface area contributed by atoms with Crippen molar-refractivity contribution in [1.82, 2.24) is 4.72 Å². The summed E-state index contributed by atoms with van der Waals surface area (Å²) in [6, 6.07) is 14.3. The highest BCUT2D eigenvalue weighted by atomic mass is 32.2. The summed E-state index contributed by atoms with van der Waals surface area (Å²) in [7, 11) is -3.53. The highest BCUT2D eigenvalue weighted by Gasteiger charge is 2.22. The lowest BCUT2D eigenvalue weighted by Gasteiger charge is -2.25. The lowest BCUT2D eigenvalue weighted by molar-refractivity contribution is 0.223. The van der Waals surface area contributed by atoms with E-state index >= 15 is 0 Å². The van der Waals surface area contributed by atoms with Gasteiger partial charge in [-0.1, -0.05) is 18.2 Å². The van der Waals surface area contributed by atoms with E-state index in [-0.39, 0.29) is 10.8 Å². The van der Waals surface area contributed by atoms with Gasteiger partial charge in [-0.25, -0.2) is 13.1 Å². The molecule has 0 aromatic heterocycles. The Morgan fingerprint density at radius 3 is 2.67 bits per heavy atom. The van der Waals surface area contributed by atoms with Crippen molar-refractivity contribution in [3.8, 4) is 11.5 Å². The van der Waals surface area contributed by atoms with E-state index in [1.165, 1.54) is 0 Å². The van der Waals surface area contributed by atoms with Crippen LogP contribution in [-0.2, 0) is 16.4 Å². The molecule has 3 rings (SSSR count). The Morgan fingerprint density at radius 2 is 1.92 bits per heavy atom. The SMILES string of the molecule is CCOc1ccc(S(=O)(=O)NCC2COc3ccccc3C2)cc1. The van der Waals surface area contributed by atoms with E-state index in [2.05, 4.69) is 4.72 Å². The molecule has 1 aliphatic rings. The maximum atomic E-state index is 12.4. The molecule has 24 heavy (non-hydrogen) atoms. The van der Waals surface area contributed by atoms with E-state index < -0.39 is 10.0 Å². The molecule has 0 bridgehead atoms. The number of fused-ring (bicyclic) bond motifs is 1. The van der Waals surface area contributed by atoms with Crippen LogP contribution >= 0.6 is 0 Å². The Hall–Kier alpha value is -2.05. The molecule has 1 aliphatic heterocycles. The molecule has 5 nitrogen and oxygen atoms in total. The zero-order valence-corrected chi connectivity index (χ0v) is 14.4. The third-order valence-corrected chi connectivity index (χ3v) is 5.40. The van der Waals surface area contributed by atoms with E-state index in [4.69, 9.17) is 9.47 Å². The van der Waals surface area contributed by atoms with Crippen molar-refractivity contribution < 1.29 is 17.9 Å². The second kappa shape index (κ2) is 7.23. The largest absolute Gasteiger partial charge is 0.494 e. The molecule has 1 atom stereocenters. The number of sulfonamides is 1. The van der Waals surface area contributed by atoms with Crippen molar-refractivity contribution in [2.24, 2.45) is 5.92 Å². The fourth-order valence-corrected chi connectivity index (χ4v) is 3.83. The second-order valence-corrected chi connectivity index (χ2v) is 7.51. The minimum absolute atomic E-state index is 0.123. The van der Waals surface area contributed by atoms with Crippen LogP contribution in [0.5, 0.6) is 11.5 Å². The number of ether oxygens (including phenoxy) is 2. The number of para-hydroxylation sites is 1. The molecule has 0 saturated carbocycles. The Morgan fingerprint density at radius 1 is 1.17 bits per heavy atom. The smallest absolute Gasteiger partial charge is 0.240 e. The summed E-state index contributed by atoms with van der Waals surface area (Å²) in [5.41, 5.74) is 1.12. The molecule has 0 saturated heterocycles. The molecule has 0 aliphatic carbocycles. The van der Waals surface area contributed by atoms with Crippen molar-refractivity contribution in [3.63, 3.8) is 0 Å².